The summed E-state index contributed by atoms with van der Waals surface area (Å²) in [6.45, 7) is 1.61. The van der Waals surface area contributed by atoms with Crippen molar-refractivity contribution >= 4 is 16.7 Å². The van der Waals surface area contributed by atoms with Gasteiger partial charge in [-0.1, -0.05) is 24.3 Å². The lowest BCUT2D eigenvalue weighted by atomic mass is 9.97. The molecule has 0 heterocycles. The van der Waals surface area contributed by atoms with Gasteiger partial charge in [-0.2, -0.15) is 5.90 Å². The number of hydrogen-bond acceptors (Lipinski definition) is 3. The van der Waals surface area contributed by atoms with Crippen molar-refractivity contribution in [3.63, 3.8) is 0 Å². The van der Waals surface area contributed by atoms with Gasteiger partial charge in [0.2, 0.25) is 0 Å². The van der Waals surface area contributed by atoms with Crippen LogP contribution in [0.25, 0.3) is 10.8 Å². The molecule has 0 radical (unpaired) electrons. The highest BCUT2D eigenvalue weighted by Crippen LogP contribution is 2.31. The van der Waals surface area contributed by atoms with Crippen LogP contribution in [-0.2, 0) is 4.79 Å². The van der Waals surface area contributed by atoms with Crippen molar-refractivity contribution in [1.29, 1.82) is 0 Å². The highest BCUT2D eigenvalue weighted by Gasteiger charge is 2.19. The maximum absolute atomic E-state index is 11.0. The summed E-state index contributed by atoms with van der Waals surface area (Å²) in [6, 6.07) is 11.2. The Kier molecular flexibility index (Phi) is 2.97. The number of nitrogens with two attached hydrogens (primary N) is 1. The fourth-order valence-corrected chi connectivity index (χ4v) is 1.81. The molecule has 0 saturated carbocycles. The Morgan fingerprint density at radius 1 is 1.29 bits per heavy atom. The van der Waals surface area contributed by atoms with Crippen LogP contribution in [0.1, 0.15) is 18.4 Å². The smallest absolute Gasteiger partial charge is 0.310 e. The number of fused-ring (bicyclic) bond motifs is 1. The number of hydrogen-bond donors (Lipinski definition) is 2. The highest BCUT2D eigenvalue weighted by atomic mass is 16.6. The van der Waals surface area contributed by atoms with E-state index in [2.05, 4.69) is 0 Å². The molecule has 0 saturated heterocycles. The maximum Gasteiger partial charge on any atom is 0.310 e. The lowest BCUT2D eigenvalue weighted by molar-refractivity contribution is -0.138. The van der Waals surface area contributed by atoms with Gasteiger partial charge in [0, 0.05) is 5.56 Å². The fraction of sp³-hybridized carbons (Fsp3) is 0.154. The molecule has 1 atom stereocenters. The van der Waals surface area contributed by atoms with Crippen LogP contribution in [0, 0.1) is 0 Å². The zero-order valence-corrected chi connectivity index (χ0v) is 9.38. The van der Waals surface area contributed by atoms with Gasteiger partial charge >= 0.3 is 5.97 Å². The second-order valence-corrected chi connectivity index (χ2v) is 3.91. The number of carbonyl (C=O) groups is 1. The van der Waals surface area contributed by atoms with Crippen molar-refractivity contribution in [2.45, 2.75) is 12.8 Å². The van der Waals surface area contributed by atoms with Gasteiger partial charge in [0.05, 0.1) is 5.92 Å². The van der Waals surface area contributed by atoms with Crippen molar-refractivity contribution in [2.75, 3.05) is 0 Å². The summed E-state index contributed by atoms with van der Waals surface area (Å²) in [7, 11) is 0. The maximum atomic E-state index is 11.0. The summed E-state index contributed by atoms with van der Waals surface area (Å²) >= 11 is 0. The zero-order chi connectivity index (χ0) is 12.4. The molecule has 0 spiro atoms. The summed E-state index contributed by atoms with van der Waals surface area (Å²) in [6.07, 6.45) is 0. The van der Waals surface area contributed by atoms with Crippen molar-refractivity contribution in [2.24, 2.45) is 5.90 Å². The molecule has 4 nitrogen and oxygen atoms in total. The number of benzene rings is 2. The Morgan fingerprint density at radius 2 is 1.88 bits per heavy atom. The molecule has 0 bridgehead atoms. The van der Waals surface area contributed by atoms with E-state index in [-0.39, 0.29) is 0 Å². The fourth-order valence-electron chi connectivity index (χ4n) is 1.81. The van der Waals surface area contributed by atoms with Crippen LogP contribution in [0.4, 0.5) is 0 Å². The molecule has 0 amide bonds. The van der Waals surface area contributed by atoms with E-state index in [4.69, 9.17) is 15.8 Å². The van der Waals surface area contributed by atoms with E-state index in [1.54, 1.807) is 19.1 Å². The third-order valence-electron chi connectivity index (χ3n) is 2.84. The summed E-state index contributed by atoms with van der Waals surface area (Å²) in [5.41, 5.74) is 0.582. The van der Waals surface area contributed by atoms with Crippen LogP contribution in [0.5, 0.6) is 5.75 Å². The molecule has 0 aliphatic carbocycles. The first-order valence-corrected chi connectivity index (χ1v) is 5.25. The van der Waals surface area contributed by atoms with Crippen molar-refractivity contribution in [3.8, 4) is 5.75 Å². The van der Waals surface area contributed by atoms with Crippen molar-refractivity contribution < 1.29 is 14.7 Å². The normalized spacial score (nSPS) is 12.4. The van der Waals surface area contributed by atoms with E-state index in [1.807, 2.05) is 24.3 Å². The molecule has 4 heteroatoms. The van der Waals surface area contributed by atoms with Crippen molar-refractivity contribution in [1.82, 2.24) is 0 Å². The Labute approximate surface area is 98.6 Å². The standard InChI is InChI=1S/C13H13NO3/c1-8(13(15)16)11-6-9-4-2-3-5-10(9)7-12(11)17-14/h2-8H,14H2,1H3,(H,15,16). The number of carboxylic acid groups (broad SMARTS) is 1. The molecule has 17 heavy (non-hydrogen) atoms. The van der Waals surface area contributed by atoms with Gasteiger partial charge in [-0.25, -0.2) is 0 Å². The predicted molar refractivity (Wildman–Crippen MR) is 64.8 cm³/mol. The van der Waals surface area contributed by atoms with Gasteiger partial charge in [-0.3, -0.25) is 4.79 Å². The first-order valence-electron chi connectivity index (χ1n) is 5.25. The molecule has 0 fully saturated rings. The minimum absolute atomic E-state index is 0.401. The van der Waals surface area contributed by atoms with Gasteiger partial charge in [0.25, 0.3) is 0 Å². The quantitative estimate of drug-likeness (QED) is 0.795. The largest absolute Gasteiger partial charge is 0.481 e. The third-order valence-corrected chi connectivity index (χ3v) is 2.84. The van der Waals surface area contributed by atoms with Crippen LogP contribution in [0.15, 0.2) is 36.4 Å². The number of carboxylic acids is 1. The number of aliphatic carboxylic acids is 1. The first kappa shape index (κ1) is 11.4. The molecule has 88 valence electrons. The lowest BCUT2D eigenvalue weighted by Gasteiger charge is -2.12. The first-order chi connectivity index (χ1) is 8.13. The highest BCUT2D eigenvalue weighted by molar-refractivity contribution is 5.87. The second kappa shape index (κ2) is 4.43. The number of rotatable bonds is 3. The second-order valence-electron chi connectivity index (χ2n) is 3.91. The van der Waals surface area contributed by atoms with Gasteiger partial charge < -0.3 is 9.94 Å². The van der Waals surface area contributed by atoms with Crippen LogP contribution in [0.2, 0.25) is 0 Å². The average molecular weight is 231 g/mol. The zero-order valence-electron chi connectivity index (χ0n) is 9.38. The molecule has 0 aromatic heterocycles. The van der Waals surface area contributed by atoms with E-state index < -0.39 is 11.9 Å². The molecule has 0 aliphatic heterocycles. The van der Waals surface area contributed by atoms with E-state index in [9.17, 15) is 4.79 Å². The minimum atomic E-state index is -0.904. The summed E-state index contributed by atoms with van der Waals surface area (Å²) in [5, 5.41) is 11.0. The van der Waals surface area contributed by atoms with E-state index >= 15 is 0 Å². The molecule has 3 N–H and O–H groups in total. The van der Waals surface area contributed by atoms with Crippen LogP contribution < -0.4 is 10.7 Å². The van der Waals surface area contributed by atoms with Crippen LogP contribution in [0.3, 0.4) is 0 Å². The van der Waals surface area contributed by atoms with Crippen LogP contribution >= 0.6 is 0 Å². The van der Waals surface area contributed by atoms with Gasteiger partial charge in [-0.05, 0) is 29.8 Å². The molecule has 1 unspecified atom stereocenters. The topological polar surface area (TPSA) is 72.5 Å². The molecule has 2 aromatic rings. The van der Waals surface area contributed by atoms with Crippen molar-refractivity contribution in [3.05, 3.63) is 42.0 Å². The Morgan fingerprint density at radius 3 is 2.41 bits per heavy atom. The van der Waals surface area contributed by atoms with E-state index in [0.29, 0.717) is 11.3 Å². The SMILES string of the molecule is CC(C(=O)O)c1cc2ccccc2cc1ON. The minimum Gasteiger partial charge on any atom is -0.481 e. The van der Waals surface area contributed by atoms with Crippen LogP contribution in [-0.4, -0.2) is 11.1 Å². The van der Waals surface area contributed by atoms with Gasteiger partial charge in [0.15, 0.2) is 5.75 Å². The predicted octanol–water partition coefficient (Wildman–Crippen LogP) is 2.28. The summed E-state index contributed by atoms with van der Waals surface area (Å²) in [5.74, 6) is 4.03. The molecule has 2 rings (SSSR count). The van der Waals surface area contributed by atoms with E-state index in [0.717, 1.165) is 10.8 Å². The summed E-state index contributed by atoms with van der Waals surface area (Å²) < 4.78 is 0. The third kappa shape index (κ3) is 2.07. The summed E-state index contributed by atoms with van der Waals surface area (Å²) in [4.78, 5) is 15.8. The Hall–Kier alpha value is -2.07. The van der Waals surface area contributed by atoms with Gasteiger partial charge in [-0.15, -0.1) is 0 Å². The molecular formula is C13H13NO3. The molecular weight excluding hydrogens is 218 g/mol. The Bertz CT molecular complexity index is 566. The Balaban J connectivity index is 2.64. The average Bonchev–Trinajstić information content (AvgIpc) is 2.36. The lowest BCUT2D eigenvalue weighted by Crippen LogP contribution is -2.12. The monoisotopic (exact) mass is 231 g/mol. The molecule has 2 aromatic carbocycles. The van der Waals surface area contributed by atoms with E-state index in [1.165, 1.54) is 0 Å². The van der Waals surface area contributed by atoms with Gasteiger partial charge in [0.1, 0.15) is 0 Å². The molecule has 0 aliphatic rings.